The van der Waals surface area contributed by atoms with Crippen molar-refractivity contribution in [2.75, 3.05) is 6.54 Å². The number of rotatable bonds is 2. The molecule has 0 saturated carbocycles. The lowest BCUT2D eigenvalue weighted by molar-refractivity contribution is 0.220. The van der Waals surface area contributed by atoms with Gasteiger partial charge in [0.2, 0.25) is 0 Å². The Morgan fingerprint density at radius 1 is 1.12 bits per heavy atom. The van der Waals surface area contributed by atoms with E-state index in [1.54, 1.807) is 0 Å². The summed E-state index contributed by atoms with van der Waals surface area (Å²) in [5.74, 6) is -1.46. The Morgan fingerprint density at radius 2 is 1.81 bits per heavy atom. The summed E-state index contributed by atoms with van der Waals surface area (Å²) in [6.07, 6.45) is 1.35. The fourth-order valence-electron chi connectivity index (χ4n) is 2.10. The molecule has 1 nitrogen and oxygen atoms in total. The van der Waals surface area contributed by atoms with Crippen molar-refractivity contribution in [2.24, 2.45) is 0 Å². The molecule has 4 heteroatoms. The molecule has 1 aliphatic rings. The van der Waals surface area contributed by atoms with Gasteiger partial charge in [0.05, 0.1) is 0 Å². The Balaban J connectivity index is 2.15. The van der Waals surface area contributed by atoms with E-state index in [0.29, 0.717) is 6.42 Å². The fraction of sp³-hybridized carbons (Fsp3) is 0.500. The number of halogens is 3. The molecular weight excluding hydrogens is 215 g/mol. The maximum absolute atomic E-state index is 14.0. The molecule has 1 aromatic carbocycles. The van der Waals surface area contributed by atoms with Gasteiger partial charge in [0.1, 0.15) is 17.8 Å². The normalized spacial score (nSPS) is 23.1. The predicted octanol–water partition coefficient (Wildman–Crippen LogP) is 3.12. The average molecular weight is 229 g/mol. The number of piperidine rings is 1. The van der Waals surface area contributed by atoms with Crippen molar-refractivity contribution in [3.8, 4) is 0 Å². The van der Waals surface area contributed by atoms with Gasteiger partial charge < -0.3 is 5.32 Å². The van der Waals surface area contributed by atoms with Crippen LogP contribution < -0.4 is 5.32 Å². The van der Waals surface area contributed by atoms with E-state index in [-0.39, 0.29) is 11.6 Å². The highest BCUT2D eigenvalue weighted by Gasteiger charge is 2.25. The van der Waals surface area contributed by atoms with E-state index in [1.165, 1.54) is 0 Å². The van der Waals surface area contributed by atoms with Crippen molar-refractivity contribution < 1.29 is 13.2 Å². The van der Waals surface area contributed by atoms with Crippen molar-refractivity contribution >= 4 is 0 Å². The molecule has 0 aromatic heterocycles. The van der Waals surface area contributed by atoms with Crippen LogP contribution in [0.2, 0.25) is 0 Å². The summed E-state index contributed by atoms with van der Waals surface area (Å²) < 4.78 is 39.8. The van der Waals surface area contributed by atoms with Crippen molar-refractivity contribution in [1.82, 2.24) is 5.32 Å². The fourth-order valence-corrected chi connectivity index (χ4v) is 2.10. The largest absolute Gasteiger partial charge is 0.311 e. The highest BCUT2D eigenvalue weighted by molar-refractivity contribution is 5.21. The molecule has 1 aliphatic heterocycles. The molecule has 2 rings (SSSR count). The molecule has 1 heterocycles. The Morgan fingerprint density at radius 3 is 2.38 bits per heavy atom. The summed E-state index contributed by atoms with van der Waals surface area (Å²) in [5, 5.41) is 3.04. The molecule has 0 radical (unpaired) electrons. The van der Waals surface area contributed by atoms with Crippen molar-refractivity contribution in [1.29, 1.82) is 0 Å². The predicted molar refractivity (Wildman–Crippen MR) is 55.8 cm³/mol. The van der Waals surface area contributed by atoms with Crippen LogP contribution >= 0.6 is 0 Å². The first kappa shape index (κ1) is 11.5. The van der Waals surface area contributed by atoms with Crippen LogP contribution in [-0.2, 0) is 0 Å². The molecule has 88 valence electrons. The third-order valence-corrected chi connectivity index (χ3v) is 2.91. The summed E-state index contributed by atoms with van der Waals surface area (Å²) in [7, 11) is 0. The van der Waals surface area contributed by atoms with Crippen LogP contribution in [0, 0.1) is 11.6 Å². The first-order chi connectivity index (χ1) is 7.66. The average Bonchev–Trinajstić information content (AvgIpc) is 2.28. The molecule has 2 atom stereocenters. The van der Waals surface area contributed by atoms with Gasteiger partial charge in [-0.1, -0.05) is 6.42 Å². The quantitative estimate of drug-likeness (QED) is 0.821. The second-order valence-electron chi connectivity index (χ2n) is 4.16. The first-order valence-electron chi connectivity index (χ1n) is 5.50. The van der Waals surface area contributed by atoms with Crippen LogP contribution in [0.4, 0.5) is 13.2 Å². The van der Waals surface area contributed by atoms with E-state index >= 15 is 0 Å². The summed E-state index contributed by atoms with van der Waals surface area (Å²) >= 11 is 0. The number of nitrogens with one attached hydrogen (secondary N) is 1. The van der Waals surface area contributed by atoms with Crippen LogP contribution in [0.3, 0.4) is 0 Å². The molecular formula is C12H14F3N. The van der Waals surface area contributed by atoms with Gasteiger partial charge in [-0.2, -0.15) is 0 Å². The van der Waals surface area contributed by atoms with Crippen molar-refractivity contribution in [3.63, 3.8) is 0 Å². The minimum atomic E-state index is -1.34. The molecule has 0 aliphatic carbocycles. The first-order valence-corrected chi connectivity index (χ1v) is 5.50. The zero-order valence-corrected chi connectivity index (χ0v) is 8.85. The van der Waals surface area contributed by atoms with Gasteiger partial charge in [-0.3, -0.25) is 0 Å². The topological polar surface area (TPSA) is 12.0 Å². The number of hydrogen-bond donors (Lipinski definition) is 1. The molecule has 16 heavy (non-hydrogen) atoms. The Bertz CT molecular complexity index is 341. The van der Waals surface area contributed by atoms with E-state index in [0.717, 1.165) is 37.6 Å². The highest BCUT2D eigenvalue weighted by atomic mass is 19.1. The minimum absolute atomic E-state index is 0.0805. The van der Waals surface area contributed by atoms with Gasteiger partial charge in [-0.05, 0) is 37.1 Å². The second kappa shape index (κ2) is 4.87. The van der Waals surface area contributed by atoms with E-state index in [4.69, 9.17) is 0 Å². The van der Waals surface area contributed by atoms with Gasteiger partial charge in [0.15, 0.2) is 0 Å². The number of hydrogen-bond acceptors (Lipinski definition) is 1. The zero-order valence-electron chi connectivity index (χ0n) is 8.85. The third kappa shape index (κ3) is 2.55. The Hall–Kier alpha value is -1.03. The lowest BCUT2D eigenvalue weighted by Crippen LogP contribution is -2.37. The van der Waals surface area contributed by atoms with Crippen LogP contribution in [0.1, 0.15) is 31.0 Å². The number of alkyl halides is 1. The second-order valence-corrected chi connectivity index (χ2v) is 4.16. The third-order valence-electron chi connectivity index (χ3n) is 2.91. The monoisotopic (exact) mass is 229 g/mol. The summed E-state index contributed by atoms with van der Waals surface area (Å²) in [5.41, 5.74) is 0.0805. The van der Waals surface area contributed by atoms with Crippen molar-refractivity contribution in [3.05, 3.63) is 35.4 Å². The molecule has 0 amide bonds. The molecule has 2 unspecified atom stereocenters. The lowest BCUT2D eigenvalue weighted by atomic mass is 9.96. The van der Waals surface area contributed by atoms with Crippen LogP contribution in [0.25, 0.3) is 0 Å². The van der Waals surface area contributed by atoms with Gasteiger partial charge in [-0.15, -0.1) is 0 Å². The van der Waals surface area contributed by atoms with Gasteiger partial charge >= 0.3 is 0 Å². The van der Waals surface area contributed by atoms with Gasteiger partial charge in [0, 0.05) is 12.1 Å². The SMILES string of the molecule is Fc1cc(F)cc(C(F)C2CCCCN2)c1. The maximum atomic E-state index is 14.0. The molecule has 1 fully saturated rings. The molecule has 1 aromatic rings. The Kier molecular flexibility index (Phi) is 3.49. The standard InChI is InChI=1S/C12H14F3N/c13-9-5-8(6-10(14)7-9)12(15)11-3-1-2-4-16-11/h5-7,11-12,16H,1-4H2. The van der Waals surface area contributed by atoms with Crippen molar-refractivity contribution in [2.45, 2.75) is 31.5 Å². The van der Waals surface area contributed by atoms with Crippen LogP contribution in [0.5, 0.6) is 0 Å². The van der Waals surface area contributed by atoms with E-state index < -0.39 is 17.8 Å². The molecule has 1 N–H and O–H groups in total. The van der Waals surface area contributed by atoms with E-state index in [9.17, 15) is 13.2 Å². The molecule has 0 bridgehead atoms. The number of benzene rings is 1. The smallest absolute Gasteiger partial charge is 0.141 e. The minimum Gasteiger partial charge on any atom is -0.311 e. The highest BCUT2D eigenvalue weighted by Crippen LogP contribution is 2.27. The summed E-state index contributed by atoms with van der Waals surface area (Å²) in [4.78, 5) is 0. The maximum Gasteiger partial charge on any atom is 0.141 e. The van der Waals surface area contributed by atoms with E-state index in [2.05, 4.69) is 5.32 Å². The lowest BCUT2D eigenvalue weighted by Gasteiger charge is -2.26. The Labute approximate surface area is 92.7 Å². The van der Waals surface area contributed by atoms with E-state index in [1.807, 2.05) is 0 Å². The van der Waals surface area contributed by atoms with Crippen LogP contribution in [-0.4, -0.2) is 12.6 Å². The molecule has 1 saturated heterocycles. The van der Waals surface area contributed by atoms with Crippen LogP contribution in [0.15, 0.2) is 18.2 Å². The van der Waals surface area contributed by atoms with Gasteiger partial charge in [-0.25, -0.2) is 13.2 Å². The summed E-state index contributed by atoms with van der Waals surface area (Å²) in [6, 6.07) is 2.55. The zero-order chi connectivity index (χ0) is 11.5. The molecule has 0 spiro atoms. The summed E-state index contributed by atoms with van der Waals surface area (Å²) in [6.45, 7) is 0.767. The van der Waals surface area contributed by atoms with Gasteiger partial charge in [0.25, 0.3) is 0 Å².